The molecule has 1 aromatic carbocycles. The maximum absolute atomic E-state index is 11.7. The summed E-state index contributed by atoms with van der Waals surface area (Å²) >= 11 is 1.40. The van der Waals surface area contributed by atoms with E-state index in [9.17, 15) is 9.36 Å². The van der Waals surface area contributed by atoms with E-state index >= 15 is 0 Å². The molecular formula is C14H14N3O5PS. The van der Waals surface area contributed by atoms with Gasteiger partial charge in [-0.25, -0.2) is 4.98 Å². The van der Waals surface area contributed by atoms with Crippen LogP contribution in [0.3, 0.4) is 0 Å². The first-order chi connectivity index (χ1) is 11.4. The lowest BCUT2D eigenvalue weighted by Gasteiger charge is -2.10. The van der Waals surface area contributed by atoms with E-state index in [4.69, 9.17) is 14.5 Å². The van der Waals surface area contributed by atoms with Crippen LogP contribution in [0.1, 0.15) is 5.56 Å². The molecule has 0 atom stereocenters. The molecule has 0 aliphatic heterocycles. The van der Waals surface area contributed by atoms with Gasteiger partial charge >= 0.3 is 7.60 Å². The predicted molar refractivity (Wildman–Crippen MR) is 89.0 cm³/mol. The Kier molecular flexibility index (Phi) is 4.88. The number of aromatic amines is 2. The lowest BCUT2D eigenvalue weighted by molar-refractivity contribution is 0.143. The van der Waals surface area contributed by atoms with Gasteiger partial charge in [0.15, 0.2) is 0 Å². The monoisotopic (exact) mass is 367 g/mol. The first-order valence-corrected chi connectivity index (χ1v) is 9.48. The van der Waals surface area contributed by atoms with Crippen molar-refractivity contribution in [3.05, 3.63) is 52.7 Å². The molecule has 0 unspecified atom stereocenters. The smallest absolute Gasteiger partial charge is 0.350 e. The van der Waals surface area contributed by atoms with Crippen LogP contribution in [-0.2, 0) is 15.9 Å². The average Bonchev–Trinajstić information content (AvgIpc) is 2.92. The molecule has 0 saturated heterocycles. The topological polar surface area (TPSA) is 128 Å². The zero-order valence-corrected chi connectivity index (χ0v) is 14.0. The maximum Gasteiger partial charge on any atom is 0.350 e. The van der Waals surface area contributed by atoms with Crippen molar-refractivity contribution < 1.29 is 19.1 Å². The van der Waals surface area contributed by atoms with Gasteiger partial charge in [-0.3, -0.25) is 9.36 Å². The van der Waals surface area contributed by atoms with Gasteiger partial charge in [-0.2, -0.15) is 0 Å². The average molecular weight is 367 g/mol. The summed E-state index contributed by atoms with van der Waals surface area (Å²) in [5.74, 6) is 0. The number of H-pyrrole nitrogens is 2. The largest absolute Gasteiger partial charge is 0.364 e. The highest BCUT2D eigenvalue weighted by Gasteiger charge is 2.15. The van der Waals surface area contributed by atoms with Crippen molar-refractivity contribution >= 4 is 30.4 Å². The van der Waals surface area contributed by atoms with Gasteiger partial charge in [-0.05, 0) is 11.6 Å². The van der Waals surface area contributed by atoms with Crippen molar-refractivity contribution in [1.29, 1.82) is 0 Å². The van der Waals surface area contributed by atoms with Gasteiger partial charge in [0.05, 0.1) is 17.8 Å². The molecule has 2 heterocycles. The van der Waals surface area contributed by atoms with E-state index < -0.39 is 13.9 Å². The molecule has 0 spiro atoms. The van der Waals surface area contributed by atoms with E-state index in [1.165, 1.54) is 18.1 Å². The summed E-state index contributed by atoms with van der Waals surface area (Å²) in [6.07, 6.45) is 2.42. The molecule has 0 bridgehead atoms. The first kappa shape index (κ1) is 16.9. The van der Waals surface area contributed by atoms with Gasteiger partial charge in [-0.15, -0.1) is 0 Å². The summed E-state index contributed by atoms with van der Waals surface area (Å²) in [6, 6.07) is 7.35. The van der Waals surface area contributed by atoms with Crippen LogP contribution in [0.25, 0.3) is 11.0 Å². The predicted octanol–water partition coefficient (Wildman–Crippen LogP) is 2.05. The zero-order chi connectivity index (χ0) is 17.2. The van der Waals surface area contributed by atoms with E-state index in [2.05, 4.69) is 15.0 Å². The lowest BCUT2D eigenvalue weighted by atomic mass is 10.2. The van der Waals surface area contributed by atoms with Gasteiger partial charge in [0.1, 0.15) is 17.4 Å². The molecule has 0 radical (unpaired) electrons. The summed E-state index contributed by atoms with van der Waals surface area (Å²) < 4.78 is 16.0. The zero-order valence-electron chi connectivity index (χ0n) is 12.3. The second-order valence-corrected chi connectivity index (χ2v) is 7.63. The van der Waals surface area contributed by atoms with Crippen molar-refractivity contribution in [1.82, 2.24) is 15.0 Å². The van der Waals surface area contributed by atoms with E-state index in [-0.39, 0.29) is 12.2 Å². The number of rotatable bonds is 6. The van der Waals surface area contributed by atoms with Crippen LogP contribution >= 0.6 is 19.4 Å². The van der Waals surface area contributed by atoms with Crippen molar-refractivity contribution in [3.8, 4) is 0 Å². The SMILES string of the molecule is O=c1[nH]cnc2c(Sc3ccccc3COCP(=O)(O)O)c[nH]c12. The first-order valence-electron chi connectivity index (χ1n) is 6.87. The Morgan fingerprint density at radius 2 is 2.00 bits per heavy atom. The molecule has 2 aromatic heterocycles. The summed E-state index contributed by atoms with van der Waals surface area (Å²) in [5, 5.41) is 0. The van der Waals surface area contributed by atoms with Gasteiger partial charge in [0.25, 0.3) is 5.56 Å². The molecule has 0 fully saturated rings. The highest BCUT2D eigenvalue weighted by molar-refractivity contribution is 7.99. The quantitative estimate of drug-likeness (QED) is 0.491. The Morgan fingerprint density at radius 3 is 2.79 bits per heavy atom. The minimum Gasteiger partial charge on any atom is -0.364 e. The standard InChI is InChI=1S/C14H14N3O5PS/c18-14-13-12(16-7-17-14)11(5-15-13)24-10-4-2-1-3-9(10)6-22-8-23(19,20)21/h1-5,7,15H,6,8H2,(H,16,17,18)(H2,19,20,21). The van der Waals surface area contributed by atoms with Crippen LogP contribution in [0.4, 0.5) is 0 Å². The molecule has 0 aliphatic rings. The van der Waals surface area contributed by atoms with Crippen LogP contribution < -0.4 is 5.56 Å². The number of aromatic nitrogens is 3. The Bertz CT molecular complexity index is 964. The molecule has 24 heavy (non-hydrogen) atoms. The normalized spacial score (nSPS) is 11.9. The number of hydrogen-bond donors (Lipinski definition) is 4. The van der Waals surface area contributed by atoms with Gasteiger partial charge in [0.2, 0.25) is 0 Å². The number of benzene rings is 1. The third-order valence-corrected chi connectivity index (χ3v) is 4.81. The number of hydrogen-bond acceptors (Lipinski definition) is 5. The molecule has 8 nitrogen and oxygen atoms in total. The Labute approximate surface area is 140 Å². The number of nitrogens with one attached hydrogen (secondary N) is 2. The Morgan fingerprint density at radius 1 is 1.21 bits per heavy atom. The van der Waals surface area contributed by atoms with Crippen molar-refractivity contribution in [2.75, 3.05) is 6.35 Å². The van der Waals surface area contributed by atoms with Crippen LogP contribution in [0.15, 0.2) is 51.4 Å². The van der Waals surface area contributed by atoms with Crippen LogP contribution in [-0.4, -0.2) is 31.1 Å². The third kappa shape index (κ3) is 3.95. The molecule has 0 aliphatic carbocycles. The highest BCUT2D eigenvalue weighted by atomic mass is 32.2. The summed E-state index contributed by atoms with van der Waals surface area (Å²) in [5.41, 5.74) is 1.50. The molecule has 10 heteroatoms. The fourth-order valence-corrected chi connectivity index (χ4v) is 3.46. The minimum absolute atomic E-state index is 0.0741. The Balaban J connectivity index is 1.83. The van der Waals surface area contributed by atoms with Crippen LogP contribution in [0, 0.1) is 0 Å². The lowest BCUT2D eigenvalue weighted by Crippen LogP contribution is -2.05. The number of nitrogens with zero attached hydrogens (tertiary/aromatic N) is 1. The molecule has 4 N–H and O–H groups in total. The molecule has 3 rings (SSSR count). The molecule has 0 saturated carbocycles. The summed E-state index contributed by atoms with van der Waals surface area (Å²) in [7, 11) is -4.19. The fourth-order valence-electron chi connectivity index (χ4n) is 2.12. The third-order valence-electron chi connectivity index (χ3n) is 3.14. The van der Waals surface area contributed by atoms with E-state index in [0.29, 0.717) is 11.0 Å². The second-order valence-electron chi connectivity index (χ2n) is 4.96. The molecular weight excluding hydrogens is 353 g/mol. The van der Waals surface area contributed by atoms with Crippen molar-refractivity contribution in [2.24, 2.45) is 0 Å². The summed E-state index contributed by atoms with van der Waals surface area (Å²) in [6.45, 7) is 0.0741. The highest BCUT2D eigenvalue weighted by Crippen LogP contribution is 2.36. The van der Waals surface area contributed by atoms with E-state index in [1.54, 1.807) is 6.20 Å². The number of ether oxygens (including phenoxy) is 1. The van der Waals surface area contributed by atoms with Crippen LogP contribution in [0.2, 0.25) is 0 Å². The molecule has 0 amide bonds. The van der Waals surface area contributed by atoms with Gasteiger partial charge in [0, 0.05) is 11.1 Å². The maximum atomic E-state index is 11.7. The van der Waals surface area contributed by atoms with Crippen molar-refractivity contribution in [2.45, 2.75) is 16.4 Å². The fraction of sp³-hybridized carbons (Fsp3) is 0.143. The van der Waals surface area contributed by atoms with Gasteiger partial charge in [-0.1, -0.05) is 30.0 Å². The molecule has 3 aromatic rings. The Hall–Kier alpha value is -1.90. The minimum atomic E-state index is -4.19. The molecule has 126 valence electrons. The van der Waals surface area contributed by atoms with E-state index in [1.807, 2.05) is 24.3 Å². The van der Waals surface area contributed by atoms with E-state index in [0.717, 1.165) is 15.4 Å². The summed E-state index contributed by atoms with van der Waals surface area (Å²) in [4.78, 5) is 40.6. The van der Waals surface area contributed by atoms with Gasteiger partial charge < -0.3 is 24.5 Å². The number of fused-ring (bicyclic) bond motifs is 1. The van der Waals surface area contributed by atoms with Crippen LogP contribution in [0.5, 0.6) is 0 Å². The van der Waals surface area contributed by atoms with Crippen molar-refractivity contribution in [3.63, 3.8) is 0 Å². The second kappa shape index (κ2) is 6.92.